The first-order chi connectivity index (χ1) is 17.5. The molecule has 1 amide bonds. The number of amides is 1. The van der Waals surface area contributed by atoms with E-state index in [1.807, 2.05) is 60.7 Å². The van der Waals surface area contributed by atoms with E-state index in [2.05, 4.69) is 11.4 Å². The lowest BCUT2D eigenvalue weighted by Crippen LogP contribution is -2.45. The highest BCUT2D eigenvalue weighted by molar-refractivity contribution is 7.25. The van der Waals surface area contributed by atoms with Gasteiger partial charge in [0.2, 0.25) is 0 Å². The summed E-state index contributed by atoms with van der Waals surface area (Å²) in [5, 5.41) is 13.4. The number of esters is 1. The van der Waals surface area contributed by atoms with Crippen LogP contribution < -0.4 is 5.32 Å². The molecule has 0 aliphatic carbocycles. The van der Waals surface area contributed by atoms with Gasteiger partial charge in [-0.1, -0.05) is 48.5 Å². The Morgan fingerprint density at radius 1 is 1.03 bits per heavy atom. The SMILES string of the molecule is N=C(CNC(=O)c1ccc2sc3ccccc3c2c1)N1C[C@@H](CF)C[C@H]1C(=O)OCc1ccccc1. The van der Waals surface area contributed by atoms with Gasteiger partial charge in [0.1, 0.15) is 18.5 Å². The Kier molecular flexibility index (Phi) is 6.95. The van der Waals surface area contributed by atoms with Crippen LogP contribution in [0.2, 0.25) is 0 Å². The molecule has 1 saturated heterocycles. The minimum atomic E-state index is -0.743. The van der Waals surface area contributed by atoms with Crippen molar-refractivity contribution in [3.05, 3.63) is 83.9 Å². The zero-order valence-corrected chi connectivity index (χ0v) is 20.4. The number of carbonyl (C=O) groups is 2. The third-order valence-corrected chi connectivity index (χ3v) is 7.66. The molecule has 2 atom stereocenters. The molecule has 6 nitrogen and oxygen atoms in total. The van der Waals surface area contributed by atoms with Crippen LogP contribution >= 0.6 is 11.3 Å². The first-order valence-electron chi connectivity index (χ1n) is 11.8. The van der Waals surface area contributed by atoms with Gasteiger partial charge in [0.05, 0.1) is 13.2 Å². The molecule has 3 aromatic carbocycles. The third kappa shape index (κ3) is 4.95. The highest BCUT2D eigenvalue weighted by Gasteiger charge is 2.39. The number of alkyl halides is 1. The van der Waals surface area contributed by atoms with E-state index < -0.39 is 18.7 Å². The van der Waals surface area contributed by atoms with Gasteiger partial charge in [0, 0.05) is 38.2 Å². The largest absolute Gasteiger partial charge is 0.459 e. The summed E-state index contributed by atoms with van der Waals surface area (Å²) in [6.07, 6.45) is 0.280. The van der Waals surface area contributed by atoms with Crippen LogP contribution in [0, 0.1) is 11.3 Å². The molecular formula is C28H26FN3O3S. The quantitative estimate of drug-likeness (QED) is 0.207. The molecule has 0 radical (unpaired) electrons. The van der Waals surface area contributed by atoms with Crippen LogP contribution in [0.15, 0.2) is 72.8 Å². The number of fused-ring (bicyclic) bond motifs is 3. The van der Waals surface area contributed by atoms with Crippen LogP contribution in [0.5, 0.6) is 0 Å². The molecule has 0 saturated carbocycles. The summed E-state index contributed by atoms with van der Waals surface area (Å²) in [6.45, 7) is -0.285. The summed E-state index contributed by atoms with van der Waals surface area (Å²) in [5.41, 5.74) is 1.36. The number of nitrogens with one attached hydrogen (secondary N) is 2. The second-order valence-electron chi connectivity index (χ2n) is 8.96. The molecule has 2 N–H and O–H groups in total. The summed E-state index contributed by atoms with van der Waals surface area (Å²) in [6, 6.07) is 22.2. The molecule has 36 heavy (non-hydrogen) atoms. The molecule has 4 aromatic rings. The van der Waals surface area contributed by atoms with E-state index in [0.717, 1.165) is 25.7 Å². The molecule has 1 aliphatic heterocycles. The van der Waals surface area contributed by atoms with Crippen molar-refractivity contribution in [1.82, 2.24) is 10.2 Å². The maximum Gasteiger partial charge on any atom is 0.329 e. The molecule has 8 heteroatoms. The van der Waals surface area contributed by atoms with Gasteiger partial charge >= 0.3 is 5.97 Å². The van der Waals surface area contributed by atoms with E-state index in [0.29, 0.717) is 5.56 Å². The number of nitrogens with zero attached hydrogens (tertiary/aromatic N) is 1. The van der Waals surface area contributed by atoms with Crippen LogP contribution in [-0.2, 0) is 16.1 Å². The van der Waals surface area contributed by atoms with E-state index in [1.54, 1.807) is 22.3 Å². The predicted molar refractivity (Wildman–Crippen MR) is 140 cm³/mol. The average molecular weight is 504 g/mol. The van der Waals surface area contributed by atoms with Gasteiger partial charge in [-0.3, -0.25) is 14.6 Å². The second-order valence-corrected chi connectivity index (χ2v) is 10.0. The maximum absolute atomic E-state index is 13.5. The van der Waals surface area contributed by atoms with E-state index in [1.165, 1.54) is 0 Å². The van der Waals surface area contributed by atoms with Crippen molar-refractivity contribution in [3.8, 4) is 0 Å². The summed E-state index contributed by atoms with van der Waals surface area (Å²) in [4.78, 5) is 27.2. The molecular weight excluding hydrogens is 477 g/mol. The van der Waals surface area contributed by atoms with Crippen LogP contribution in [0.4, 0.5) is 4.39 Å². The number of carbonyl (C=O) groups excluding carboxylic acids is 2. The Bertz CT molecular complexity index is 1420. The van der Waals surface area contributed by atoms with Gasteiger partial charge < -0.3 is 15.0 Å². The van der Waals surface area contributed by atoms with Crippen molar-refractivity contribution >= 4 is 49.2 Å². The molecule has 1 aromatic heterocycles. The van der Waals surface area contributed by atoms with Gasteiger partial charge in [-0.15, -0.1) is 11.3 Å². The lowest BCUT2D eigenvalue weighted by molar-refractivity contribution is -0.149. The van der Waals surface area contributed by atoms with E-state index in [-0.39, 0.29) is 43.8 Å². The normalized spacial score (nSPS) is 17.4. The van der Waals surface area contributed by atoms with E-state index in [4.69, 9.17) is 10.1 Å². The number of likely N-dealkylation sites (tertiary alicyclic amines) is 1. The Balaban J connectivity index is 1.23. The fraction of sp³-hybridized carbons (Fsp3) is 0.250. The van der Waals surface area contributed by atoms with Gasteiger partial charge in [0.25, 0.3) is 5.91 Å². The fourth-order valence-electron chi connectivity index (χ4n) is 4.62. The Morgan fingerprint density at radius 3 is 2.58 bits per heavy atom. The lowest BCUT2D eigenvalue weighted by atomic mass is 10.1. The van der Waals surface area contributed by atoms with Crippen LogP contribution in [0.1, 0.15) is 22.3 Å². The summed E-state index contributed by atoms with van der Waals surface area (Å²) in [7, 11) is 0. The summed E-state index contributed by atoms with van der Waals surface area (Å²) >= 11 is 1.68. The van der Waals surface area contributed by atoms with Crippen molar-refractivity contribution in [2.45, 2.75) is 19.1 Å². The Hall–Kier alpha value is -3.78. The lowest BCUT2D eigenvalue weighted by Gasteiger charge is -2.26. The summed E-state index contributed by atoms with van der Waals surface area (Å²) < 4.78 is 21.2. The number of ether oxygens (including phenoxy) is 1. The molecule has 1 aliphatic rings. The third-order valence-electron chi connectivity index (χ3n) is 6.50. The zero-order chi connectivity index (χ0) is 25.1. The van der Waals surface area contributed by atoms with Crippen LogP contribution in [-0.4, -0.2) is 48.4 Å². The number of thiophene rings is 1. The highest BCUT2D eigenvalue weighted by Crippen LogP contribution is 2.34. The maximum atomic E-state index is 13.5. The van der Waals surface area contributed by atoms with Crippen LogP contribution in [0.25, 0.3) is 20.2 Å². The standard InChI is InChI=1S/C28H26FN3O3S/c29-14-19-12-23(28(34)35-17-18-6-2-1-3-7-18)32(16-19)26(30)15-31-27(33)20-10-11-25-22(13-20)21-8-4-5-9-24(21)36-25/h1-11,13,19,23,30H,12,14-17H2,(H,31,33)/t19-,23+/m1/s1. The molecule has 0 bridgehead atoms. The predicted octanol–water partition coefficient (Wildman–Crippen LogP) is 5.16. The molecule has 184 valence electrons. The minimum Gasteiger partial charge on any atom is -0.459 e. The van der Waals surface area contributed by atoms with Gasteiger partial charge in [-0.25, -0.2) is 4.79 Å². The van der Waals surface area contributed by atoms with Crippen LogP contribution in [0.3, 0.4) is 0 Å². The first-order valence-corrected chi connectivity index (χ1v) is 12.6. The minimum absolute atomic E-state index is 0.0584. The number of hydrogen-bond donors (Lipinski definition) is 2. The highest BCUT2D eigenvalue weighted by atomic mass is 32.1. The first kappa shape index (κ1) is 23.9. The van der Waals surface area contributed by atoms with E-state index >= 15 is 0 Å². The average Bonchev–Trinajstić information content (AvgIpc) is 3.52. The number of halogens is 1. The zero-order valence-electron chi connectivity index (χ0n) is 19.6. The number of benzene rings is 3. The molecule has 1 fully saturated rings. The van der Waals surface area contributed by atoms with Crippen molar-refractivity contribution < 1.29 is 18.7 Å². The van der Waals surface area contributed by atoms with Gasteiger partial charge in [-0.2, -0.15) is 0 Å². The number of rotatable bonds is 7. The summed E-state index contributed by atoms with van der Waals surface area (Å²) in [5.74, 6) is -1.09. The molecule has 5 rings (SSSR count). The number of hydrogen-bond acceptors (Lipinski definition) is 5. The van der Waals surface area contributed by atoms with Crippen molar-refractivity contribution in [1.29, 1.82) is 5.41 Å². The van der Waals surface area contributed by atoms with Crippen molar-refractivity contribution in [3.63, 3.8) is 0 Å². The molecule has 0 unspecified atom stereocenters. The van der Waals surface area contributed by atoms with Gasteiger partial charge in [0.15, 0.2) is 0 Å². The second kappa shape index (κ2) is 10.5. The van der Waals surface area contributed by atoms with Crippen molar-refractivity contribution in [2.24, 2.45) is 5.92 Å². The topological polar surface area (TPSA) is 82.5 Å². The van der Waals surface area contributed by atoms with E-state index in [9.17, 15) is 14.0 Å². The van der Waals surface area contributed by atoms with Crippen molar-refractivity contribution in [2.75, 3.05) is 19.8 Å². The fourth-order valence-corrected chi connectivity index (χ4v) is 5.70. The Morgan fingerprint density at radius 2 is 1.78 bits per heavy atom. The Labute approximate surface area is 212 Å². The number of amidine groups is 1. The van der Waals surface area contributed by atoms with Gasteiger partial charge in [-0.05, 0) is 36.2 Å². The smallest absolute Gasteiger partial charge is 0.329 e. The molecule has 2 heterocycles. The molecule has 0 spiro atoms. The monoisotopic (exact) mass is 503 g/mol.